The van der Waals surface area contributed by atoms with Crippen molar-refractivity contribution in [1.82, 2.24) is 9.78 Å². The van der Waals surface area contributed by atoms with Crippen LogP contribution in [0.15, 0.2) is 24.3 Å². The molecule has 4 nitrogen and oxygen atoms in total. The topological polar surface area (TPSA) is 47.3 Å². The third kappa shape index (κ3) is 2.45. The summed E-state index contributed by atoms with van der Waals surface area (Å²) < 4.78 is 7.75. The number of ether oxygens (including phenoxy) is 1. The normalized spacial score (nSPS) is 24.4. The molecule has 1 aromatic heterocycles. The van der Waals surface area contributed by atoms with E-state index in [0.717, 1.165) is 36.0 Å². The first-order valence-electron chi connectivity index (χ1n) is 7.47. The number of aliphatic hydroxyl groups excluding tert-OH is 1. The number of aliphatic hydroxyl groups is 1. The van der Waals surface area contributed by atoms with Crippen molar-refractivity contribution in [1.29, 1.82) is 0 Å². The number of rotatable bonds is 4. The Kier molecular flexibility index (Phi) is 3.76. The van der Waals surface area contributed by atoms with Crippen LogP contribution >= 0.6 is 0 Å². The van der Waals surface area contributed by atoms with Gasteiger partial charge in [-0.05, 0) is 32.8 Å². The van der Waals surface area contributed by atoms with Crippen molar-refractivity contribution >= 4 is 10.9 Å². The van der Waals surface area contributed by atoms with Crippen molar-refractivity contribution in [3.05, 3.63) is 30.0 Å². The number of aryl methyl sites for hydroxylation is 1. The smallest absolute Gasteiger partial charge is 0.0858 e. The van der Waals surface area contributed by atoms with Gasteiger partial charge in [0.25, 0.3) is 0 Å². The quantitative estimate of drug-likeness (QED) is 0.932. The number of hydrogen-bond acceptors (Lipinski definition) is 3. The van der Waals surface area contributed by atoms with E-state index in [0.29, 0.717) is 6.42 Å². The van der Waals surface area contributed by atoms with Gasteiger partial charge in [-0.2, -0.15) is 5.10 Å². The highest BCUT2D eigenvalue weighted by molar-refractivity contribution is 5.82. The third-order valence-electron chi connectivity index (χ3n) is 4.13. The molecule has 1 aliphatic heterocycles. The lowest BCUT2D eigenvalue weighted by Crippen LogP contribution is -2.28. The summed E-state index contributed by atoms with van der Waals surface area (Å²) in [5.41, 5.74) is 2.11. The van der Waals surface area contributed by atoms with E-state index in [-0.39, 0.29) is 12.2 Å². The van der Waals surface area contributed by atoms with Gasteiger partial charge in [0.05, 0.1) is 29.5 Å². The minimum atomic E-state index is -0.469. The van der Waals surface area contributed by atoms with Crippen molar-refractivity contribution < 1.29 is 9.84 Å². The predicted molar refractivity (Wildman–Crippen MR) is 78.7 cm³/mol. The molecule has 0 radical (unpaired) electrons. The molecule has 0 spiro atoms. The molecule has 4 heteroatoms. The van der Waals surface area contributed by atoms with E-state index in [1.807, 2.05) is 16.8 Å². The van der Waals surface area contributed by atoms with Crippen LogP contribution in [-0.4, -0.2) is 33.2 Å². The third-order valence-corrected chi connectivity index (χ3v) is 4.13. The molecule has 108 valence electrons. The van der Waals surface area contributed by atoms with E-state index >= 15 is 0 Å². The van der Waals surface area contributed by atoms with Crippen LogP contribution in [0.2, 0.25) is 0 Å². The van der Waals surface area contributed by atoms with Gasteiger partial charge in [0, 0.05) is 18.4 Å². The van der Waals surface area contributed by atoms with Crippen LogP contribution in [0.4, 0.5) is 0 Å². The van der Waals surface area contributed by atoms with Crippen LogP contribution < -0.4 is 0 Å². The van der Waals surface area contributed by atoms with E-state index < -0.39 is 6.10 Å². The summed E-state index contributed by atoms with van der Waals surface area (Å²) in [6.07, 6.45) is 2.28. The van der Waals surface area contributed by atoms with E-state index in [1.165, 1.54) is 0 Å². The molecule has 1 aliphatic rings. The molecular weight excluding hydrogens is 252 g/mol. The van der Waals surface area contributed by atoms with Gasteiger partial charge in [-0.3, -0.25) is 4.68 Å². The second-order valence-corrected chi connectivity index (χ2v) is 5.61. The van der Waals surface area contributed by atoms with E-state index in [1.54, 1.807) is 0 Å². The minimum Gasteiger partial charge on any atom is -0.390 e. The predicted octanol–water partition coefficient (Wildman–Crippen LogP) is 2.53. The fourth-order valence-corrected chi connectivity index (χ4v) is 3.03. The van der Waals surface area contributed by atoms with Gasteiger partial charge in [0.2, 0.25) is 0 Å². The molecule has 2 aromatic rings. The highest BCUT2D eigenvalue weighted by Gasteiger charge is 2.29. The summed E-state index contributed by atoms with van der Waals surface area (Å²) in [4.78, 5) is 0. The van der Waals surface area contributed by atoms with Gasteiger partial charge in [-0.25, -0.2) is 0 Å². The number of fused-ring (bicyclic) bond motifs is 1. The fourth-order valence-electron chi connectivity index (χ4n) is 3.03. The summed E-state index contributed by atoms with van der Waals surface area (Å²) in [6, 6.07) is 8.21. The molecule has 0 amide bonds. The molecule has 3 atom stereocenters. The van der Waals surface area contributed by atoms with Gasteiger partial charge < -0.3 is 9.84 Å². The van der Waals surface area contributed by atoms with Crippen molar-refractivity contribution in [2.75, 3.05) is 0 Å². The second-order valence-electron chi connectivity index (χ2n) is 5.61. The summed E-state index contributed by atoms with van der Waals surface area (Å²) in [7, 11) is 0. The summed E-state index contributed by atoms with van der Waals surface area (Å²) >= 11 is 0. The largest absolute Gasteiger partial charge is 0.390 e. The van der Waals surface area contributed by atoms with Crippen molar-refractivity contribution in [2.45, 2.75) is 58.0 Å². The second kappa shape index (κ2) is 5.54. The minimum absolute atomic E-state index is 0.0458. The molecule has 1 aromatic carbocycles. The average Bonchev–Trinajstić information content (AvgIpc) is 3.03. The zero-order valence-corrected chi connectivity index (χ0v) is 12.1. The van der Waals surface area contributed by atoms with Gasteiger partial charge in [0.1, 0.15) is 0 Å². The van der Waals surface area contributed by atoms with E-state index in [2.05, 4.69) is 31.1 Å². The van der Waals surface area contributed by atoms with Crippen LogP contribution in [0.5, 0.6) is 0 Å². The molecule has 3 rings (SSSR count). The highest BCUT2D eigenvalue weighted by Crippen LogP contribution is 2.25. The van der Waals surface area contributed by atoms with Crippen molar-refractivity contribution in [3.8, 4) is 0 Å². The Morgan fingerprint density at radius 2 is 2.20 bits per heavy atom. The van der Waals surface area contributed by atoms with Crippen molar-refractivity contribution in [3.63, 3.8) is 0 Å². The summed E-state index contributed by atoms with van der Waals surface area (Å²) in [5.74, 6) is 0. The number of benzene rings is 1. The summed E-state index contributed by atoms with van der Waals surface area (Å²) in [5, 5.41) is 16.2. The fraction of sp³-hybridized carbons (Fsp3) is 0.562. The Bertz CT molecular complexity index is 593. The maximum atomic E-state index is 10.4. The van der Waals surface area contributed by atoms with Crippen LogP contribution in [0.1, 0.15) is 32.4 Å². The highest BCUT2D eigenvalue weighted by atomic mass is 16.5. The van der Waals surface area contributed by atoms with E-state index in [4.69, 9.17) is 4.74 Å². The number of hydrogen-bond donors (Lipinski definition) is 1. The first kappa shape index (κ1) is 13.6. The van der Waals surface area contributed by atoms with Gasteiger partial charge in [-0.15, -0.1) is 0 Å². The Morgan fingerprint density at radius 1 is 1.40 bits per heavy atom. The Balaban J connectivity index is 1.83. The Hall–Kier alpha value is -1.39. The van der Waals surface area contributed by atoms with Crippen LogP contribution in [-0.2, 0) is 17.7 Å². The Morgan fingerprint density at radius 3 is 2.90 bits per heavy atom. The molecule has 3 unspecified atom stereocenters. The zero-order valence-electron chi connectivity index (χ0n) is 12.1. The maximum Gasteiger partial charge on any atom is 0.0858 e. The zero-order chi connectivity index (χ0) is 14.1. The van der Waals surface area contributed by atoms with Crippen LogP contribution in [0.25, 0.3) is 10.9 Å². The molecule has 0 aliphatic carbocycles. The first-order valence-corrected chi connectivity index (χ1v) is 7.47. The number of nitrogens with zero attached hydrogens (tertiary/aromatic N) is 2. The van der Waals surface area contributed by atoms with Gasteiger partial charge in [0.15, 0.2) is 0 Å². The average molecular weight is 274 g/mol. The Labute approximate surface area is 119 Å². The molecule has 20 heavy (non-hydrogen) atoms. The molecule has 0 saturated carbocycles. The molecule has 2 heterocycles. The monoisotopic (exact) mass is 274 g/mol. The van der Waals surface area contributed by atoms with E-state index in [9.17, 15) is 5.11 Å². The molecule has 1 N–H and O–H groups in total. The lowest BCUT2D eigenvalue weighted by Gasteiger charge is -2.17. The lowest BCUT2D eigenvalue weighted by molar-refractivity contribution is -0.0281. The van der Waals surface area contributed by atoms with Gasteiger partial charge in [-0.1, -0.05) is 18.2 Å². The number of aromatic nitrogens is 2. The van der Waals surface area contributed by atoms with Crippen LogP contribution in [0.3, 0.4) is 0 Å². The lowest BCUT2D eigenvalue weighted by atomic mass is 10.0. The standard InChI is InChI=1S/C16H22N2O2/c1-3-18-14-7-5-4-6-12(14)13(17-18)10-15(19)16-9-8-11(2)20-16/h4-7,11,15-16,19H,3,8-10H2,1-2H3. The maximum absolute atomic E-state index is 10.4. The molecule has 0 bridgehead atoms. The van der Waals surface area contributed by atoms with Gasteiger partial charge >= 0.3 is 0 Å². The van der Waals surface area contributed by atoms with Crippen molar-refractivity contribution in [2.24, 2.45) is 0 Å². The molecule has 1 fully saturated rings. The summed E-state index contributed by atoms with van der Waals surface area (Å²) in [6.45, 7) is 4.99. The molecule has 1 saturated heterocycles. The van der Waals surface area contributed by atoms with Crippen LogP contribution in [0, 0.1) is 0 Å². The molecular formula is C16H22N2O2. The first-order chi connectivity index (χ1) is 9.69. The SMILES string of the molecule is CCn1nc(CC(O)C2CCC(C)O2)c2ccccc21. The number of para-hydroxylation sites is 1.